The van der Waals surface area contributed by atoms with Gasteiger partial charge >= 0.3 is 0 Å². The van der Waals surface area contributed by atoms with Crippen LogP contribution in [0.1, 0.15) is 23.8 Å². The van der Waals surface area contributed by atoms with Crippen LogP contribution >= 0.6 is 11.3 Å². The van der Waals surface area contributed by atoms with Gasteiger partial charge in [-0.05, 0) is 18.6 Å². The lowest BCUT2D eigenvalue weighted by molar-refractivity contribution is 0.102. The fourth-order valence-electron chi connectivity index (χ4n) is 3.75. The van der Waals surface area contributed by atoms with E-state index in [0.717, 1.165) is 55.3 Å². The number of carbonyl (C=O) groups excluding carboxylic acids is 1. The second kappa shape index (κ2) is 8.60. The van der Waals surface area contributed by atoms with Crippen LogP contribution in [0.25, 0.3) is 10.6 Å². The first kappa shape index (κ1) is 21.2. The number of nitrogens with two attached hydrogens (primary N) is 1. The molecule has 3 aromatic rings. The molecule has 0 bridgehead atoms. The van der Waals surface area contributed by atoms with E-state index in [1.165, 1.54) is 6.07 Å². The number of halogens is 2. The van der Waals surface area contributed by atoms with Crippen molar-refractivity contribution in [3.8, 4) is 10.6 Å². The third-order valence-electron chi connectivity index (χ3n) is 5.29. The minimum absolute atomic E-state index is 0.0119. The third kappa shape index (κ3) is 3.98. The smallest absolute Gasteiger partial charge is 0.277 e. The molecule has 3 heterocycles. The summed E-state index contributed by atoms with van der Waals surface area (Å²) in [5.41, 5.74) is 6.12. The average Bonchev–Trinajstić information content (AvgIpc) is 3.30. The Morgan fingerprint density at radius 2 is 2.13 bits per heavy atom. The summed E-state index contributed by atoms with van der Waals surface area (Å²) >= 11 is 0.862. The van der Waals surface area contributed by atoms with Crippen molar-refractivity contribution >= 4 is 33.8 Å². The molecule has 0 radical (unpaired) electrons. The van der Waals surface area contributed by atoms with E-state index in [4.69, 9.17) is 5.73 Å². The maximum atomic E-state index is 14.1. The second-order valence-electron chi connectivity index (χ2n) is 7.25. The zero-order valence-corrected chi connectivity index (χ0v) is 18.0. The molecule has 8 nitrogen and oxygen atoms in total. The minimum Gasteiger partial charge on any atom is -0.389 e. The van der Waals surface area contributed by atoms with Crippen LogP contribution in [-0.4, -0.2) is 46.3 Å². The first-order chi connectivity index (χ1) is 14.9. The largest absolute Gasteiger partial charge is 0.389 e. The van der Waals surface area contributed by atoms with E-state index in [1.54, 1.807) is 10.9 Å². The summed E-state index contributed by atoms with van der Waals surface area (Å²) in [6.07, 6.45) is 2.50. The molecule has 0 saturated carbocycles. The lowest BCUT2D eigenvalue weighted by Gasteiger charge is -2.37. The van der Waals surface area contributed by atoms with Crippen LogP contribution < -0.4 is 21.3 Å². The molecule has 1 aliphatic rings. The summed E-state index contributed by atoms with van der Waals surface area (Å²) in [6.45, 7) is 4.55. The zero-order valence-electron chi connectivity index (χ0n) is 17.2. The topological polar surface area (TPSA) is 101 Å². The molecule has 1 aromatic carbocycles. The Bertz CT molecular complexity index is 1090. The number of aromatic nitrogens is 3. The number of nitrogen functional groups attached to an aromatic ring is 1. The number of carbonyl (C=O) groups is 1. The molecule has 31 heavy (non-hydrogen) atoms. The van der Waals surface area contributed by atoms with Crippen LogP contribution in [0.15, 0.2) is 24.4 Å². The van der Waals surface area contributed by atoms with Crippen LogP contribution in [0.5, 0.6) is 0 Å². The van der Waals surface area contributed by atoms with Crippen molar-refractivity contribution in [1.82, 2.24) is 20.1 Å². The molecule has 0 spiro atoms. The summed E-state index contributed by atoms with van der Waals surface area (Å²) in [7, 11) is 1.82. The first-order valence-corrected chi connectivity index (χ1v) is 10.7. The van der Waals surface area contributed by atoms with Gasteiger partial charge in [-0.2, -0.15) is 5.10 Å². The van der Waals surface area contributed by atoms with Gasteiger partial charge in [-0.15, -0.1) is 0 Å². The molecule has 0 aliphatic carbocycles. The van der Waals surface area contributed by atoms with Gasteiger partial charge in [0.05, 0.1) is 11.8 Å². The molecule has 1 aliphatic heterocycles. The lowest BCUT2D eigenvalue weighted by atomic mass is 10.1. The number of thiazole rings is 1. The van der Waals surface area contributed by atoms with E-state index >= 15 is 0 Å². The fraction of sp³-hybridized carbons (Fsp3) is 0.350. The van der Waals surface area contributed by atoms with E-state index in [0.29, 0.717) is 5.69 Å². The van der Waals surface area contributed by atoms with E-state index in [1.807, 2.05) is 7.05 Å². The normalized spacial score (nSPS) is 16.5. The number of hydrogen-bond donors (Lipinski definition) is 3. The van der Waals surface area contributed by atoms with Gasteiger partial charge in [-0.25, -0.2) is 13.8 Å². The van der Waals surface area contributed by atoms with E-state index in [9.17, 15) is 13.6 Å². The quantitative estimate of drug-likeness (QED) is 0.556. The molecular weight excluding hydrogens is 424 g/mol. The fourth-order valence-corrected chi connectivity index (χ4v) is 4.63. The molecule has 4 rings (SSSR count). The van der Waals surface area contributed by atoms with E-state index in [2.05, 4.69) is 32.5 Å². The Morgan fingerprint density at radius 1 is 1.39 bits per heavy atom. The van der Waals surface area contributed by atoms with Crippen LogP contribution in [0.4, 0.5) is 25.3 Å². The number of nitrogens with one attached hydrogen (secondary N) is 2. The van der Waals surface area contributed by atoms with Gasteiger partial charge in [0.1, 0.15) is 27.3 Å². The van der Waals surface area contributed by atoms with Crippen LogP contribution in [0, 0.1) is 11.6 Å². The zero-order chi connectivity index (χ0) is 22.1. The Balaban J connectivity index is 1.63. The molecule has 0 unspecified atom stereocenters. The van der Waals surface area contributed by atoms with Gasteiger partial charge in [0.25, 0.3) is 5.91 Å². The van der Waals surface area contributed by atoms with Gasteiger partial charge in [-0.3, -0.25) is 9.48 Å². The maximum Gasteiger partial charge on any atom is 0.277 e. The molecule has 1 saturated heterocycles. The number of nitrogens with zero attached hydrogens (tertiary/aromatic N) is 4. The summed E-state index contributed by atoms with van der Waals surface area (Å²) in [5.74, 6) is -1.30. The van der Waals surface area contributed by atoms with Crippen molar-refractivity contribution in [2.24, 2.45) is 7.05 Å². The van der Waals surface area contributed by atoms with Crippen LogP contribution in [0.3, 0.4) is 0 Å². The second-order valence-corrected chi connectivity index (χ2v) is 8.28. The molecular formula is C20H23F2N7OS. The predicted molar refractivity (Wildman–Crippen MR) is 117 cm³/mol. The number of amides is 1. The number of hydrogen-bond acceptors (Lipinski definition) is 7. The minimum atomic E-state index is -0.764. The highest BCUT2D eigenvalue weighted by atomic mass is 32.1. The van der Waals surface area contributed by atoms with E-state index < -0.39 is 17.5 Å². The number of benzene rings is 1. The third-order valence-corrected chi connectivity index (χ3v) is 6.20. The number of piperazine rings is 1. The molecule has 2 aromatic heterocycles. The summed E-state index contributed by atoms with van der Waals surface area (Å²) in [4.78, 5) is 19.3. The first-order valence-electron chi connectivity index (χ1n) is 9.92. The van der Waals surface area contributed by atoms with Crippen molar-refractivity contribution < 1.29 is 13.6 Å². The molecule has 4 N–H and O–H groups in total. The standard InChI is InChI=1S/C20H23F2N7OS/c1-3-11-9-24-7-8-29(11)20-14(10-25-28(20)2)26-18(30)16-17(23)31-19(27-16)15-12(21)5-4-6-13(15)22/h4-6,10-11,24H,3,7-9,23H2,1-2H3,(H,26,30)/t11-/m0/s1. The summed E-state index contributed by atoms with van der Waals surface area (Å²) < 4.78 is 30.0. The van der Waals surface area contributed by atoms with Crippen LogP contribution in [0.2, 0.25) is 0 Å². The van der Waals surface area contributed by atoms with E-state index in [-0.39, 0.29) is 27.3 Å². The molecule has 11 heteroatoms. The lowest BCUT2D eigenvalue weighted by Crippen LogP contribution is -2.52. The Kier molecular flexibility index (Phi) is 5.88. The van der Waals surface area contributed by atoms with Crippen molar-refractivity contribution in [3.63, 3.8) is 0 Å². The molecule has 1 fully saturated rings. The van der Waals surface area contributed by atoms with Crippen molar-refractivity contribution in [1.29, 1.82) is 0 Å². The summed E-state index contributed by atoms with van der Waals surface area (Å²) in [6, 6.07) is 3.80. The molecule has 1 amide bonds. The monoisotopic (exact) mass is 447 g/mol. The highest BCUT2D eigenvalue weighted by molar-refractivity contribution is 7.19. The Labute approximate surface area is 182 Å². The van der Waals surface area contributed by atoms with Crippen molar-refractivity contribution in [3.05, 3.63) is 41.7 Å². The average molecular weight is 448 g/mol. The number of rotatable bonds is 5. The SMILES string of the molecule is CC[C@H]1CNCCN1c1c(NC(=O)c2nc(-c3c(F)cccc3F)sc2N)cnn1C. The predicted octanol–water partition coefficient (Wildman–Crippen LogP) is 2.84. The highest BCUT2D eigenvalue weighted by Crippen LogP contribution is 2.34. The number of aryl methyl sites for hydroxylation is 1. The van der Waals surface area contributed by atoms with Gasteiger partial charge in [0.15, 0.2) is 11.5 Å². The van der Waals surface area contributed by atoms with Gasteiger partial charge in [0.2, 0.25) is 0 Å². The highest BCUT2D eigenvalue weighted by Gasteiger charge is 2.28. The van der Waals surface area contributed by atoms with Gasteiger partial charge < -0.3 is 21.3 Å². The Morgan fingerprint density at radius 3 is 2.84 bits per heavy atom. The molecule has 164 valence electrons. The summed E-state index contributed by atoms with van der Waals surface area (Å²) in [5, 5.41) is 10.6. The molecule has 1 atom stereocenters. The van der Waals surface area contributed by atoms with Crippen molar-refractivity contribution in [2.45, 2.75) is 19.4 Å². The van der Waals surface area contributed by atoms with Gasteiger partial charge in [-0.1, -0.05) is 24.3 Å². The van der Waals surface area contributed by atoms with Crippen LogP contribution in [-0.2, 0) is 7.05 Å². The maximum absolute atomic E-state index is 14.1. The number of anilines is 3. The van der Waals surface area contributed by atoms with Gasteiger partial charge in [0, 0.05) is 32.7 Å². The van der Waals surface area contributed by atoms with Crippen molar-refractivity contribution in [2.75, 3.05) is 35.6 Å². The Hall–Kier alpha value is -3.05.